The molecule has 0 bridgehead atoms. The van der Waals surface area contributed by atoms with Gasteiger partial charge in [0.25, 0.3) is 0 Å². The Balaban J connectivity index is 2.00. The van der Waals surface area contributed by atoms with Gasteiger partial charge in [0, 0.05) is 32.5 Å². The summed E-state index contributed by atoms with van der Waals surface area (Å²) in [5.74, 6) is 0.00855. The summed E-state index contributed by atoms with van der Waals surface area (Å²) in [4.78, 5) is 26.2. The van der Waals surface area contributed by atoms with Crippen molar-refractivity contribution in [3.8, 4) is 0 Å². The van der Waals surface area contributed by atoms with Gasteiger partial charge >= 0.3 is 0 Å². The SMILES string of the molecule is COCCN(C)C(=O)C1CC2CCC(C(=O)NO)CC2OC[C@@H]1C. The third kappa shape index (κ3) is 4.46. The van der Waals surface area contributed by atoms with Crippen molar-refractivity contribution in [2.75, 3.05) is 33.9 Å². The number of fused-ring (bicyclic) bond motifs is 1. The fourth-order valence-electron chi connectivity index (χ4n) is 3.91. The number of methoxy groups -OCH3 is 1. The second kappa shape index (κ2) is 8.78. The normalized spacial score (nSPS) is 33.2. The highest BCUT2D eigenvalue weighted by Crippen LogP contribution is 2.39. The summed E-state index contributed by atoms with van der Waals surface area (Å²) in [6.07, 6.45) is 2.98. The molecule has 138 valence electrons. The van der Waals surface area contributed by atoms with E-state index in [0.717, 1.165) is 19.3 Å². The van der Waals surface area contributed by atoms with Crippen LogP contribution in [0.25, 0.3) is 0 Å². The van der Waals surface area contributed by atoms with Gasteiger partial charge in [0.2, 0.25) is 11.8 Å². The van der Waals surface area contributed by atoms with Crippen molar-refractivity contribution in [3.63, 3.8) is 0 Å². The Morgan fingerprint density at radius 3 is 2.75 bits per heavy atom. The molecule has 0 aromatic carbocycles. The molecule has 2 N–H and O–H groups in total. The van der Waals surface area contributed by atoms with Crippen LogP contribution < -0.4 is 5.48 Å². The number of carbonyl (C=O) groups excluding carboxylic acids is 2. The van der Waals surface area contributed by atoms with E-state index in [9.17, 15) is 9.59 Å². The molecule has 1 aliphatic carbocycles. The molecule has 2 rings (SSSR count). The lowest BCUT2D eigenvalue weighted by molar-refractivity contribution is -0.138. The van der Waals surface area contributed by atoms with E-state index in [0.29, 0.717) is 32.1 Å². The van der Waals surface area contributed by atoms with E-state index < -0.39 is 0 Å². The quantitative estimate of drug-likeness (QED) is 0.576. The van der Waals surface area contributed by atoms with E-state index in [2.05, 4.69) is 6.92 Å². The predicted molar refractivity (Wildman–Crippen MR) is 87.3 cm³/mol. The largest absolute Gasteiger partial charge is 0.383 e. The highest BCUT2D eigenvalue weighted by atomic mass is 16.5. The number of nitrogens with one attached hydrogen (secondary N) is 1. The summed E-state index contributed by atoms with van der Waals surface area (Å²) in [7, 11) is 3.45. The van der Waals surface area contributed by atoms with Crippen molar-refractivity contribution >= 4 is 11.8 Å². The van der Waals surface area contributed by atoms with Crippen LogP contribution in [-0.4, -0.2) is 61.9 Å². The fourth-order valence-corrected chi connectivity index (χ4v) is 3.91. The van der Waals surface area contributed by atoms with Gasteiger partial charge in [0.1, 0.15) is 0 Å². The summed E-state index contributed by atoms with van der Waals surface area (Å²) < 4.78 is 11.1. The van der Waals surface area contributed by atoms with Gasteiger partial charge in [-0.3, -0.25) is 14.8 Å². The van der Waals surface area contributed by atoms with Gasteiger partial charge in [-0.2, -0.15) is 0 Å². The molecule has 0 spiro atoms. The van der Waals surface area contributed by atoms with Crippen LogP contribution in [0.2, 0.25) is 0 Å². The molecule has 24 heavy (non-hydrogen) atoms. The molecule has 0 radical (unpaired) electrons. The van der Waals surface area contributed by atoms with E-state index in [1.807, 2.05) is 7.05 Å². The second-order valence-corrected chi connectivity index (χ2v) is 7.19. The van der Waals surface area contributed by atoms with Crippen LogP contribution in [-0.2, 0) is 19.1 Å². The standard InChI is InChI=1S/C17H30N2O5/c1-11-10-24-15-9-13(16(20)18-22)5-4-12(15)8-14(11)17(21)19(2)6-7-23-3/h11-15,22H,4-10H2,1-3H3,(H,18,20)/t11-,12?,13?,14?,15?/m0/s1. The molecular weight excluding hydrogens is 312 g/mol. The average Bonchev–Trinajstić information content (AvgIpc) is 2.76. The van der Waals surface area contributed by atoms with Crippen LogP contribution >= 0.6 is 0 Å². The number of hydrogen-bond acceptors (Lipinski definition) is 5. The van der Waals surface area contributed by atoms with Crippen molar-refractivity contribution in [1.82, 2.24) is 10.4 Å². The van der Waals surface area contributed by atoms with Crippen LogP contribution in [0.1, 0.15) is 32.6 Å². The first-order valence-corrected chi connectivity index (χ1v) is 8.77. The molecule has 5 atom stereocenters. The minimum absolute atomic E-state index is 0.00872. The summed E-state index contributed by atoms with van der Waals surface area (Å²) in [5.41, 5.74) is 1.75. The lowest BCUT2D eigenvalue weighted by Crippen LogP contribution is -2.40. The number of rotatable bonds is 5. The number of hydroxylamine groups is 1. The Morgan fingerprint density at radius 2 is 2.08 bits per heavy atom. The monoisotopic (exact) mass is 342 g/mol. The number of carbonyl (C=O) groups is 2. The minimum Gasteiger partial charge on any atom is -0.383 e. The summed E-state index contributed by atoms with van der Waals surface area (Å²) in [6.45, 7) is 3.71. The number of amides is 2. The highest BCUT2D eigenvalue weighted by molar-refractivity contribution is 5.79. The van der Waals surface area contributed by atoms with Crippen molar-refractivity contribution in [2.24, 2.45) is 23.7 Å². The van der Waals surface area contributed by atoms with E-state index >= 15 is 0 Å². The molecule has 0 aromatic rings. The van der Waals surface area contributed by atoms with Gasteiger partial charge < -0.3 is 14.4 Å². The topological polar surface area (TPSA) is 88.1 Å². The maximum absolute atomic E-state index is 12.8. The van der Waals surface area contributed by atoms with Crippen LogP contribution in [0.4, 0.5) is 0 Å². The molecule has 1 heterocycles. The van der Waals surface area contributed by atoms with E-state index in [1.54, 1.807) is 17.5 Å². The Hall–Kier alpha value is -1.18. The average molecular weight is 342 g/mol. The molecular formula is C17H30N2O5. The Labute approximate surface area is 143 Å². The fraction of sp³-hybridized carbons (Fsp3) is 0.882. The molecule has 2 aliphatic rings. The van der Waals surface area contributed by atoms with Crippen LogP contribution in [0, 0.1) is 23.7 Å². The van der Waals surface area contributed by atoms with Gasteiger partial charge in [0.15, 0.2) is 0 Å². The lowest BCUT2D eigenvalue weighted by Gasteiger charge is -2.34. The maximum Gasteiger partial charge on any atom is 0.246 e. The molecule has 7 heteroatoms. The Morgan fingerprint density at radius 1 is 1.33 bits per heavy atom. The van der Waals surface area contributed by atoms with E-state index in [1.165, 1.54) is 0 Å². The van der Waals surface area contributed by atoms with Crippen LogP contribution in [0.5, 0.6) is 0 Å². The first-order chi connectivity index (χ1) is 11.5. The molecule has 4 unspecified atom stereocenters. The second-order valence-electron chi connectivity index (χ2n) is 7.19. The van der Waals surface area contributed by atoms with Gasteiger partial charge in [-0.05, 0) is 37.5 Å². The number of hydrogen-bond donors (Lipinski definition) is 2. The maximum atomic E-state index is 12.8. The molecule has 7 nitrogen and oxygen atoms in total. The van der Waals surface area contributed by atoms with E-state index in [4.69, 9.17) is 14.7 Å². The zero-order valence-electron chi connectivity index (χ0n) is 14.9. The van der Waals surface area contributed by atoms with Gasteiger partial charge in [-0.25, -0.2) is 5.48 Å². The first kappa shape index (κ1) is 19.1. The summed E-state index contributed by atoms with van der Waals surface area (Å²) in [6, 6.07) is 0. The van der Waals surface area contributed by atoms with Gasteiger partial charge in [-0.15, -0.1) is 0 Å². The van der Waals surface area contributed by atoms with Crippen LogP contribution in [0.3, 0.4) is 0 Å². The smallest absolute Gasteiger partial charge is 0.246 e. The molecule has 1 saturated heterocycles. The van der Waals surface area contributed by atoms with Crippen molar-refractivity contribution in [3.05, 3.63) is 0 Å². The Kier molecular flexibility index (Phi) is 7.01. The summed E-state index contributed by atoms with van der Waals surface area (Å²) in [5, 5.41) is 8.83. The zero-order chi connectivity index (χ0) is 17.7. The van der Waals surface area contributed by atoms with Gasteiger partial charge in [-0.1, -0.05) is 6.92 Å². The third-order valence-corrected chi connectivity index (χ3v) is 5.55. The molecule has 0 aromatic heterocycles. The molecule has 2 amide bonds. The first-order valence-electron chi connectivity index (χ1n) is 8.77. The van der Waals surface area contributed by atoms with Gasteiger partial charge in [0.05, 0.1) is 19.3 Å². The highest BCUT2D eigenvalue weighted by Gasteiger charge is 2.41. The molecule has 1 aliphatic heterocycles. The number of nitrogens with zero attached hydrogens (tertiary/aromatic N) is 1. The number of likely N-dealkylation sites (N-methyl/N-ethyl adjacent to an activating group) is 1. The Bertz CT molecular complexity index is 445. The minimum atomic E-state index is -0.332. The lowest BCUT2D eigenvalue weighted by atomic mass is 9.74. The molecule has 1 saturated carbocycles. The number of ether oxygens (including phenoxy) is 2. The third-order valence-electron chi connectivity index (χ3n) is 5.55. The van der Waals surface area contributed by atoms with Crippen molar-refractivity contribution in [1.29, 1.82) is 0 Å². The predicted octanol–water partition coefficient (Wildman–Crippen LogP) is 1.05. The summed E-state index contributed by atoms with van der Waals surface area (Å²) >= 11 is 0. The molecule has 2 fully saturated rings. The van der Waals surface area contributed by atoms with E-state index in [-0.39, 0.29) is 35.7 Å². The van der Waals surface area contributed by atoms with Crippen molar-refractivity contribution < 1.29 is 24.3 Å². The van der Waals surface area contributed by atoms with Crippen molar-refractivity contribution in [2.45, 2.75) is 38.7 Å². The zero-order valence-corrected chi connectivity index (χ0v) is 14.9. The van der Waals surface area contributed by atoms with Crippen LogP contribution in [0.15, 0.2) is 0 Å².